The van der Waals surface area contributed by atoms with Crippen LogP contribution in [-0.4, -0.2) is 52.0 Å². The van der Waals surface area contributed by atoms with Gasteiger partial charge in [-0.3, -0.25) is 10.00 Å². The van der Waals surface area contributed by atoms with Crippen molar-refractivity contribution in [1.82, 2.24) is 30.4 Å². The molecule has 1 saturated heterocycles. The lowest BCUT2D eigenvalue weighted by Crippen LogP contribution is -2.85. The van der Waals surface area contributed by atoms with Crippen LogP contribution >= 0.6 is 0 Å². The van der Waals surface area contributed by atoms with Gasteiger partial charge in [0.05, 0.1) is 11.7 Å². The Balaban J connectivity index is 1.53. The zero-order valence-electron chi connectivity index (χ0n) is 18.8. The van der Waals surface area contributed by atoms with Crippen molar-refractivity contribution in [3.8, 4) is 0 Å². The Kier molecular flexibility index (Phi) is 5.33. The first-order valence-electron chi connectivity index (χ1n) is 11.4. The molecule has 0 bridgehead atoms. The Morgan fingerprint density at radius 2 is 2.06 bits per heavy atom. The molecular weight excluding hydrogens is 386 g/mol. The number of aryl methyl sites for hydroxylation is 1. The third kappa shape index (κ3) is 3.89. The molecule has 0 spiro atoms. The third-order valence-electron chi connectivity index (χ3n) is 6.89. The topological polar surface area (TPSA) is 65.0 Å². The van der Waals surface area contributed by atoms with Crippen molar-refractivity contribution in [3.05, 3.63) is 71.6 Å². The highest BCUT2D eigenvalue weighted by atomic mass is 15.7. The first kappa shape index (κ1) is 20.3. The normalized spacial score (nSPS) is 26.6. The van der Waals surface area contributed by atoms with Gasteiger partial charge in [0.1, 0.15) is 12.4 Å². The summed E-state index contributed by atoms with van der Waals surface area (Å²) in [7, 11) is 4.15. The number of nitrogens with zero attached hydrogens (tertiary/aromatic N) is 4. The summed E-state index contributed by atoms with van der Waals surface area (Å²) >= 11 is 0. The Morgan fingerprint density at radius 1 is 1.23 bits per heavy atom. The minimum atomic E-state index is -0.0968. The van der Waals surface area contributed by atoms with Gasteiger partial charge in [0.25, 0.3) is 0 Å². The van der Waals surface area contributed by atoms with E-state index >= 15 is 0 Å². The molecule has 7 nitrogen and oxygen atoms in total. The third-order valence-corrected chi connectivity index (χ3v) is 6.89. The van der Waals surface area contributed by atoms with Gasteiger partial charge in [-0.15, -0.1) is 0 Å². The van der Waals surface area contributed by atoms with Crippen LogP contribution in [0.1, 0.15) is 30.9 Å². The second kappa shape index (κ2) is 8.15. The predicted molar refractivity (Wildman–Crippen MR) is 122 cm³/mol. The lowest BCUT2D eigenvalue weighted by Gasteiger charge is -2.45. The van der Waals surface area contributed by atoms with E-state index in [1.54, 1.807) is 0 Å². The van der Waals surface area contributed by atoms with E-state index in [9.17, 15) is 0 Å². The maximum atomic E-state index is 4.43. The molecule has 0 aliphatic carbocycles. The molecular formula is C24H34N7+. The highest BCUT2D eigenvalue weighted by Crippen LogP contribution is 2.38. The zero-order chi connectivity index (χ0) is 21.4. The number of fused-ring (bicyclic) bond motifs is 1. The summed E-state index contributed by atoms with van der Waals surface area (Å²) in [6, 6.07) is 10.7. The summed E-state index contributed by atoms with van der Waals surface area (Å²) in [5.74, 6) is 3.02. The lowest BCUT2D eigenvalue weighted by atomic mass is 9.79. The van der Waals surface area contributed by atoms with Gasteiger partial charge in [-0.05, 0) is 32.2 Å². The van der Waals surface area contributed by atoms with Crippen molar-refractivity contribution in [3.63, 3.8) is 0 Å². The number of nitrogens with one attached hydrogen (secondary N) is 2. The van der Waals surface area contributed by atoms with E-state index in [0.29, 0.717) is 5.92 Å². The Bertz CT molecular complexity index is 986. The Hall–Kier alpha value is -2.61. The van der Waals surface area contributed by atoms with Crippen LogP contribution in [0.25, 0.3) is 5.57 Å². The summed E-state index contributed by atoms with van der Waals surface area (Å²) in [6.07, 6.45) is 9.03. The van der Waals surface area contributed by atoms with Gasteiger partial charge in [-0.25, -0.2) is 10.0 Å². The summed E-state index contributed by atoms with van der Waals surface area (Å²) in [4.78, 5) is 0. The molecule has 3 aliphatic heterocycles. The van der Waals surface area contributed by atoms with Crippen LogP contribution in [0, 0.1) is 5.92 Å². The molecule has 7 heteroatoms. The average Bonchev–Trinajstić information content (AvgIpc) is 3.36. The molecule has 0 radical (unpaired) electrons. The summed E-state index contributed by atoms with van der Waals surface area (Å²) < 4.78 is 1.89. The van der Waals surface area contributed by atoms with Crippen LogP contribution in [0.2, 0.25) is 0 Å². The van der Waals surface area contributed by atoms with Crippen molar-refractivity contribution >= 4 is 5.57 Å². The predicted octanol–water partition coefficient (Wildman–Crippen LogP) is 1.22. The van der Waals surface area contributed by atoms with Crippen molar-refractivity contribution in [1.29, 1.82) is 0 Å². The quantitative estimate of drug-likeness (QED) is 0.679. The molecule has 5 rings (SSSR count). The standard InChI is InChI=1S/C24H33N7/c1-24(20-10-7-11-25-15-20)12-22(26-13-18-8-5-4-6-9-18)31-23(28-24)21(17-30(31)3)19-14-27-29(2)16-19/h4-6,8-9,12,14,16,20,25-26,28H,7,10-11,13,15,17H2,1-3H3/p+1. The summed E-state index contributed by atoms with van der Waals surface area (Å²) in [5, 5.41) is 19.0. The fraction of sp³-hybridized carbons (Fsp3) is 0.458. The first-order valence-corrected chi connectivity index (χ1v) is 11.4. The van der Waals surface area contributed by atoms with Gasteiger partial charge >= 0.3 is 0 Å². The van der Waals surface area contributed by atoms with Crippen LogP contribution in [0.5, 0.6) is 0 Å². The first-order chi connectivity index (χ1) is 15.0. The van der Waals surface area contributed by atoms with Gasteiger partial charge in [0.15, 0.2) is 0 Å². The van der Waals surface area contributed by atoms with E-state index in [2.05, 4.69) is 87.6 Å². The number of nitrogens with two attached hydrogens (primary N) is 1. The molecule has 4 N–H and O–H groups in total. The van der Waals surface area contributed by atoms with E-state index in [1.807, 2.05) is 17.9 Å². The van der Waals surface area contributed by atoms with Crippen molar-refractivity contribution in [2.75, 3.05) is 26.7 Å². The minimum absolute atomic E-state index is 0.0968. The number of hydrazine groups is 1. The number of piperidine rings is 1. The second-order valence-electron chi connectivity index (χ2n) is 9.27. The number of benzene rings is 1. The zero-order valence-corrected chi connectivity index (χ0v) is 18.8. The number of hydrogen-bond donors (Lipinski definition) is 3. The Labute approximate surface area is 184 Å². The van der Waals surface area contributed by atoms with Crippen LogP contribution in [0.4, 0.5) is 0 Å². The van der Waals surface area contributed by atoms with Crippen LogP contribution in [0.3, 0.4) is 0 Å². The number of aromatic nitrogens is 2. The molecule has 164 valence electrons. The van der Waals surface area contributed by atoms with E-state index in [4.69, 9.17) is 0 Å². The molecule has 1 aromatic carbocycles. The van der Waals surface area contributed by atoms with Gasteiger partial charge in [-0.1, -0.05) is 30.3 Å². The highest BCUT2D eigenvalue weighted by molar-refractivity contribution is 5.71. The molecule has 2 atom stereocenters. The monoisotopic (exact) mass is 420 g/mol. The van der Waals surface area contributed by atoms with Crippen LogP contribution < -0.4 is 16.0 Å². The van der Waals surface area contributed by atoms with Gasteiger partial charge in [-0.2, -0.15) is 5.10 Å². The second-order valence-corrected chi connectivity index (χ2v) is 9.27. The van der Waals surface area contributed by atoms with Gasteiger partial charge in [0, 0.05) is 56.2 Å². The number of hydrogen-bond acceptors (Lipinski definition) is 5. The molecule has 3 aliphatic rings. The molecule has 1 aromatic heterocycles. The maximum absolute atomic E-state index is 4.43. The van der Waals surface area contributed by atoms with Gasteiger partial charge in [0.2, 0.25) is 5.82 Å². The molecule has 0 saturated carbocycles. The SMILES string of the molecule is CN1CC(c2cnn(C)c2)=C2NC(C)(C3CCCNC3)C=C([NH2+]Cc3ccccc3)N21. The molecule has 2 aromatic rings. The average molecular weight is 421 g/mol. The van der Waals surface area contributed by atoms with Crippen molar-refractivity contribution in [2.24, 2.45) is 13.0 Å². The maximum Gasteiger partial charge on any atom is 0.219 e. The molecule has 4 heterocycles. The number of likely N-dealkylation sites (N-methyl/N-ethyl adjacent to an activating group) is 1. The van der Waals surface area contributed by atoms with E-state index in [-0.39, 0.29) is 5.54 Å². The van der Waals surface area contributed by atoms with Crippen molar-refractivity contribution in [2.45, 2.75) is 31.8 Å². The fourth-order valence-electron chi connectivity index (χ4n) is 5.16. The molecule has 2 unspecified atom stereocenters. The molecule has 1 fully saturated rings. The smallest absolute Gasteiger partial charge is 0.219 e. The van der Waals surface area contributed by atoms with Crippen LogP contribution in [-0.2, 0) is 13.6 Å². The number of quaternary nitrogens is 1. The van der Waals surface area contributed by atoms with E-state index in [0.717, 1.165) is 26.2 Å². The molecule has 0 amide bonds. The van der Waals surface area contributed by atoms with Crippen molar-refractivity contribution < 1.29 is 5.32 Å². The molecule has 31 heavy (non-hydrogen) atoms. The summed E-state index contributed by atoms with van der Waals surface area (Å²) in [6.45, 7) is 6.33. The lowest BCUT2D eigenvalue weighted by molar-refractivity contribution is -0.641. The summed E-state index contributed by atoms with van der Waals surface area (Å²) in [5.41, 5.74) is 3.74. The largest absolute Gasteiger partial charge is 0.361 e. The van der Waals surface area contributed by atoms with E-state index in [1.165, 1.54) is 41.2 Å². The highest BCUT2D eigenvalue weighted by Gasteiger charge is 2.45. The Morgan fingerprint density at radius 3 is 2.77 bits per heavy atom. The van der Waals surface area contributed by atoms with Crippen LogP contribution in [0.15, 0.2) is 60.4 Å². The number of rotatable bonds is 5. The van der Waals surface area contributed by atoms with Gasteiger partial charge < -0.3 is 10.6 Å². The minimum Gasteiger partial charge on any atom is -0.361 e. The fourth-order valence-corrected chi connectivity index (χ4v) is 5.16. The van der Waals surface area contributed by atoms with E-state index < -0.39 is 0 Å².